The molecule has 2 N–H and O–H groups in total. The van der Waals surface area contributed by atoms with Gasteiger partial charge in [0, 0.05) is 17.8 Å². The Balaban J connectivity index is 1.48. The van der Waals surface area contributed by atoms with Gasteiger partial charge in [0.2, 0.25) is 11.8 Å². The van der Waals surface area contributed by atoms with Gasteiger partial charge in [-0.15, -0.1) is 0 Å². The molecule has 6 rings (SSSR count). The molecule has 3 atom stereocenters. The molecule has 1 heterocycles. The second kappa shape index (κ2) is 12.9. The minimum absolute atomic E-state index is 0.0282. The quantitative estimate of drug-likeness (QED) is 0.217. The van der Waals surface area contributed by atoms with Gasteiger partial charge in [0.25, 0.3) is 0 Å². The number of carbonyl (C=O) groups is 2. The third-order valence-electron chi connectivity index (χ3n) is 8.47. The molecule has 0 radical (unpaired) electrons. The number of fused-ring (bicyclic) bond motifs is 2. The third-order valence-corrected chi connectivity index (χ3v) is 9.21. The lowest BCUT2D eigenvalue weighted by Gasteiger charge is -2.37. The molecule has 3 unspecified atom stereocenters. The number of hydrogen-bond donors (Lipinski definition) is 2. The van der Waals surface area contributed by atoms with Gasteiger partial charge in [-0.2, -0.15) is 0 Å². The van der Waals surface area contributed by atoms with Crippen LogP contribution in [0, 0.1) is 0 Å². The predicted molar refractivity (Wildman–Crippen MR) is 173 cm³/mol. The van der Waals surface area contributed by atoms with Gasteiger partial charge < -0.3 is 20.1 Å². The Morgan fingerprint density at radius 2 is 1.66 bits per heavy atom. The van der Waals surface area contributed by atoms with E-state index >= 15 is 0 Å². The van der Waals surface area contributed by atoms with Crippen molar-refractivity contribution in [2.24, 2.45) is 0 Å². The van der Waals surface area contributed by atoms with Crippen molar-refractivity contribution in [2.75, 3.05) is 26.1 Å². The summed E-state index contributed by atoms with van der Waals surface area (Å²) >= 11 is 12.7. The monoisotopic (exact) mass is 629 g/mol. The van der Waals surface area contributed by atoms with Crippen LogP contribution in [-0.2, 0) is 22.4 Å². The Labute approximate surface area is 267 Å². The van der Waals surface area contributed by atoms with Gasteiger partial charge in [0.05, 0.1) is 36.9 Å². The number of anilines is 1. The zero-order valence-corrected chi connectivity index (χ0v) is 26.0. The highest BCUT2D eigenvalue weighted by molar-refractivity contribution is 6.42. The van der Waals surface area contributed by atoms with Crippen LogP contribution in [0.4, 0.5) is 5.69 Å². The SMILES string of the molecule is COc1cc2c(cc1OC)C(Cc1ccc(Cl)c(Cl)c1)N(C(C(=O)NC1CCc3ccccc31)c1ccccc1)CC(=O)N2. The lowest BCUT2D eigenvalue weighted by Crippen LogP contribution is -2.45. The molecule has 1 aliphatic heterocycles. The summed E-state index contributed by atoms with van der Waals surface area (Å²) in [4.78, 5) is 30.0. The molecule has 7 nitrogen and oxygen atoms in total. The molecule has 0 saturated carbocycles. The first kappa shape index (κ1) is 30.0. The van der Waals surface area contributed by atoms with Crippen molar-refractivity contribution in [3.05, 3.63) is 123 Å². The molecule has 0 bridgehead atoms. The summed E-state index contributed by atoms with van der Waals surface area (Å²) in [5, 5.41) is 7.27. The number of carbonyl (C=O) groups excluding carboxylic acids is 2. The van der Waals surface area contributed by atoms with Crippen molar-refractivity contribution >= 4 is 40.7 Å². The minimum atomic E-state index is -0.776. The van der Waals surface area contributed by atoms with Crippen LogP contribution in [-0.4, -0.2) is 37.5 Å². The fourth-order valence-electron chi connectivity index (χ4n) is 6.40. The van der Waals surface area contributed by atoms with E-state index in [9.17, 15) is 9.59 Å². The molecule has 44 heavy (non-hydrogen) atoms. The summed E-state index contributed by atoms with van der Waals surface area (Å²) in [6.07, 6.45) is 2.16. The zero-order chi connectivity index (χ0) is 30.8. The highest BCUT2D eigenvalue weighted by Crippen LogP contribution is 2.44. The van der Waals surface area contributed by atoms with Crippen molar-refractivity contribution in [1.82, 2.24) is 10.2 Å². The number of nitrogens with zero attached hydrogens (tertiary/aromatic N) is 1. The Bertz CT molecular complexity index is 1700. The molecule has 226 valence electrons. The molecule has 2 aliphatic rings. The van der Waals surface area contributed by atoms with Gasteiger partial charge in [0.1, 0.15) is 6.04 Å². The van der Waals surface area contributed by atoms with E-state index in [0.29, 0.717) is 33.7 Å². The van der Waals surface area contributed by atoms with Crippen molar-refractivity contribution in [1.29, 1.82) is 0 Å². The fourth-order valence-corrected chi connectivity index (χ4v) is 6.72. The van der Waals surface area contributed by atoms with E-state index in [0.717, 1.165) is 35.1 Å². The summed E-state index contributed by atoms with van der Waals surface area (Å²) in [7, 11) is 3.13. The first-order valence-corrected chi connectivity index (χ1v) is 15.3. The van der Waals surface area contributed by atoms with Crippen LogP contribution in [0.1, 0.15) is 52.4 Å². The second-order valence-electron chi connectivity index (χ2n) is 11.1. The normalized spacial score (nSPS) is 18.4. The smallest absolute Gasteiger partial charge is 0.242 e. The number of amides is 2. The molecular weight excluding hydrogens is 597 g/mol. The number of aryl methyl sites for hydroxylation is 1. The van der Waals surface area contributed by atoms with Crippen molar-refractivity contribution in [2.45, 2.75) is 37.4 Å². The van der Waals surface area contributed by atoms with E-state index in [1.807, 2.05) is 65.6 Å². The Morgan fingerprint density at radius 1 is 0.932 bits per heavy atom. The highest BCUT2D eigenvalue weighted by Gasteiger charge is 2.40. The summed E-state index contributed by atoms with van der Waals surface area (Å²) in [5.74, 6) is 0.596. The van der Waals surface area contributed by atoms with Gasteiger partial charge >= 0.3 is 0 Å². The summed E-state index contributed by atoms with van der Waals surface area (Å²) in [5.41, 5.74) is 5.46. The zero-order valence-electron chi connectivity index (χ0n) is 24.5. The summed E-state index contributed by atoms with van der Waals surface area (Å²) in [6, 6.07) is 25.6. The summed E-state index contributed by atoms with van der Waals surface area (Å²) in [6.45, 7) is -0.0282. The molecule has 1 aliphatic carbocycles. The molecule has 4 aromatic rings. The van der Waals surface area contributed by atoms with Gasteiger partial charge in [-0.3, -0.25) is 14.5 Å². The topological polar surface area (TPSA) is 79.9 Å². The van der Waals surface area contributed by atoms with E-state index in [4.69, 9.17) is 32.7 Å². The number of nitrogens with one attached hydrogen (secondary N) is 2. The Kier molecular flexibility index (Phi) is 8.80. The maximum atomic E-state index is 14.5. The first-order valence-electron chi connectivity index (χ1n) is 14.5. The Hall–Kier alpha value is -4.04. The first-order chi connectivity index (χ1) is 21.4. The summed E-state index contributed by atoms with van der Waals surface area (Å²) < 4.78 is 11.2. The van der Waals surface area contributed by atoms with Crippen molar-refractivity contribution in [3.8, 4) is 11.5 Å². The molecule has 0 aromatic heterocycles. The average molecular weight is 631 g/mol. The van der Waals surface area contributed by atoms with Crippen LogP contribution < -0.4 is 20.1 Å². The number of methoxy groups -OCH3 is 2. The number of benzene rings is 4. The number of ether oxygens (including phenoxy) is 2. The molecular formula is C35H33Cl2N3O4. The van der Waals surface area contributed by atoms with Gasteiger partial charge in [-0.25, -0.2) is 0 Å². The van der Waals surface area contributed by atoms with Crippen LogP contribution in [0.5, 0.6) is 11.5 Å². The van der Waals surface area contributed by atoms with Crippen LogP contribution in [0.15, 0.2) is 84.9 Å². The van der Waals surface area contributed by atoms with Gasteiger partial charge in [-0.05, 0) is 65.3 Å². The largest absolute Gasteiger partial charge is 0.493 e. The van der Waals surface area contributed by atoms with Gasteiger partial charge in [-0.1, -0.05) is 83.9 Å². The average Bonchev–Trinajstić information content (AvgIpc) is 3.38. The van der Waals surface area contributed by atoms with Crippen molar-refractivity contribution in [3.63, 3.8) is 0 Å². The number of rotatable bonds is 8. The number of halogens is 2. The van der Waals surface area contributed by atoms with Gasteiger partial charge in [0.15, 0.2) is 11.5 Å². The third kappa shape index (κ3) is 6.00. The highest BCUT2D eigenvalue weighted by atomic mass is 35.5. The molecule has 0 saturated heterocycles. The minimum Gasteiger partial charge on any atom is -0.493 e. The molecule has 0 fully saturated rings. The van der Waals surface area contributed by atoms with E-state index in [-0.39, 0.29) is 24.4 Å². The van der Waals surface area contributed by atoms with E-state index in [1.54, 1.807) is 26.4 Å². The van der Waals surface area contributed by atoms with Crippen LogP contribution in [0.3, 0.4) is 0 Å². The molecule has 0 spiro atoms. The predicted octanol–water partition coefficient (Wildman–Crippen LogP) is 7.09. The maximum Gasteiger partial charge on any atom is 0.242 e. The molecule has 4 aromatic carbocycles. The van der Waals surface area contributed by atoms with Crippen LogP contribution >= 0.6 is 23.2 Å². The maximum absolute atomic E-state index is 14.5. The van der Waals surface area contributed by atoms with Crippen molar-refractivity contribution < 1.29 is 19.1 Å². The molecule has 2 amide bonds. The van der Waals surface area contributed by atoms with E-state index < -0.39 is 12.1 Å². The standard InChI is InChI=1S/C35H33Cl2N3O4/c1-43-31-18-25-29(19-32(31)44-2)38-33(41)20-40(30(25)17-21-12-14-26(36)27(37)16-21)34(23-9-4-3-5-10-23)35(42)39-28-15-13-22-8-6-7-11-24(22)28/h3-12,14,16,18-19,28,30,34H,13,15,17,20H2,1-2H3,(H,38,41)(H,39,42). The van der Waals surface area contributed by atoms with Crippen LogP contribution in [0.25, 0.3) is 0 Å². The molecule has 9 heteroatoms. The Morgan fingerprint density at radius 3 is 2.41 bits per heavy atom. The van der Waals surface area contributed by atoms with E-state index in [2.05, 4.69) is 22.8 Å². The lowest BCUT2D eigenvalue weighted by molar-refractivity contribution is -0.130. The number of hydrogen-bond acceptors (Lipinski definition) is 5. The lowest BCUT2D eigenvalue weighted by atomic mass is 9.92. The fraction of sp³-hybridized carbons (Fsp3) is 0.257. The second-order valence-corrected chi connectivity index (χ2v) is 11.9. The van der Waals surface area contributed by atoms with E-state index in [1.165, 1.54) is 5.56 Å². The van der Waals surface area contributed by atoms with Crippen LogP contribution in [0.2, 0.25) is 10.0 Å².